The maximum Gasteiger partial charge on any atom is 0.356 e. The van der Waals surface area contributed by atoms with Gasteiger partial charge >= 0.3 is 5.97 Å². The molecule has 0 radical (unpaired) electrons. The van der Waals surface area contributed by atoms with Gasteiger partial charge in [0.2, 0.25) is 0 Å². The zero-order valence-corrected chi connectivity index (χ0v) is 8.96. The van der Waals surface area contributed by atoms with E-state index in [1.165, 1.54) is 35.5 Å². The summed E-state index contributed by atoms with van der Waals surface area (Å²) in [7, 11) is 0. The van der Waals surface area contributed by atoms with Crippen LogP contribution < -0.4 is 0 Å². The van der Waals surface area contributed by atoms with E-state index < -0.39 is 5.97 Å². The van der Waals surface area contributed by atoms with Crippen LogP contribution in [0.5, 0.6) is 0 Å². The Hall–Kier alpha value is -1.47. The molecule has 0 saturated heterocycles. The quantitative estimate of drug-likeness (QED) is 0.879. The first-order valence-corrected chi connectivity index (χ1v) is 5.58. The smallest absolute Gasteiger partial charge is 0.356 e. The average Bonchev–Trinajstić information content (AvgIpc) is 2.71. The summed E-state index contributed by atoms with van der Waals surface area (Å²) in [5.41, 5.74) is -0.0587. The zero-order valence-electron chi connectivity index (χ0n) is 7.32. The standard InChI is InChI=1S/C8H5N3O2S2/c12-7(13)5-3-9-4-6(11-5)15-8-10-1-2-14-8/h1-4H,(H,12,13). The lowest BCUT2D eigenvalue weighted by molar-refractivity contribution is 0.0689. The second-order valence-electron chi connectivity index (χ2n) is 2.45. The van der Waals surface area contributed by atoms with E-state index in [0.29, 0.717) is 5.03 Å². The minimum Gasteiger partial charge on any atom is -0.476 e. The number of carboxylic acids is 1. The van der Waals surface area contributed by atoms with Crippen molar-refractivity contribution in [2.75, 3.05) is 0 Å². The number of aromatic carboxylic acids is 1. The van der Waals surface area contributed by atoms with Crippen molar-refractivity contribution in [3.05, 3.63) is 29.7 Å². The molecule has 5 nitrogen and oxygen atoms in total. The second kappa shape index (κ2) is 4.37. The van der Waals surface area contributed by atoms with Crippen LogP contribution in [0, 0.1) is 0 Å². The van der Waals surface area contributed by atoms with Gasteiger partial charge in [0.25, 0.3) is 0 Å². The minimum absolute atomic E-state index is 0.0587. The highest BCUT2D eigenvalue weighted by molar-refractivity contribution is 8.00. The highest BCUT2D eigenvalue weighted by Crippen LogP contribution is 2.26. The molecular formula is C8H5N3O2S2. The van der Waals surface area contributed by atoms with E-state index in [-0.39, 0.29) is 5.69 Å². The minimum atomic E-state index is -1.08. The Labute approximate surface area is 93.2 Å². The Morgan fingerprint density at radius 3 is 3.00 bits per heavy atom. The van der Waals surface area contributed by atoms with Crippen LogP contribution in [0.2, 0.25) is 0 Å². The Morgan fingerprint density at radius 1 is 1.47 bits per heavy atom. The van der Waals surface area contributed by atoms with Crippen LogP contribution in [-0.4, -0.2) is 26.0 Å². The first kappa shape index (κ1) is 10.1. The molecule has 0 aromatic carbocycles. The summed E-state index contributed by atoms with van der Waals surface area (Å²) in [5.74, 6) is -1.08. The van der Waals surface area contributed by atoms with Crippen LogP contribution in [-0.2, 0) is 0 Å². The predicted molar refractivity (Wildman–Crippen MR) is 55.2 cm³/mol. The fourth-order valence-corrected chi connectivity index (χ4v) is 2.38. The van der Waals surface area contributed by atoms with Gasteiger partial charge in [-0.2, -0.15) is 0 Å². The molecule has 0 spiro atoms. The van der Waals surface area contributed by atoms with Gasteiger partial charge in [0.1, 0.15) is 5.03 Å². The van der Waals surface area contributed by atoms with Crippen LogP contribution in [0.25, 0.3) is 0 Å². The van der Waals surface area contributed by atoms with Crippen molar-refractivity contribution in [1.82, 2.24) is 15.0 Å². The highest BCUT2D eigenvalue weighted by atomic mass is 32.2. The van der Waals surface area contributed by atoms with E-state index in [1.807, 2.05) is 5.38 Å². The van der Waals surface area contributed by atoms with E-state index in [4.69, 9.17) is 5.11 Å². The molecule has 7 heteroatoms. The van der Waals surface area contributed by atoms with E-state index in [1.54, 1.807) is 6.20 Å². The third-order valence-electron chi connectivity index (χ3n) is 1.43. The number of carbonyl (C=O) groups is 1. The largest absolute Gasteiger partial charge is 0.476 e. The molecule has 2 aromatic heterocycles. The molecule has 2 aromatic rings. The maximum atomic E-state index is 10.6. The first-order chi connectivity index (χ1) is 7.25. The summed E-state index contributed by atoms with van der Waals surface area (Å²) in [6.07, 6.45) is 4.41. The summed E-state index contributed by atoms with van der Waals surface area (Å²) in [4.78, 5) is 22.4. The second-order valence-corrected chi connectivity index (χ2v) is 4.61. The van der Waals surface area contributed by atoms with Gasteiger partial charge in [-0.05, 0) is 11.8 Å². The maximum absolute atomic E-state index is 10.6. The molecule has 0 aliphatic heterocycles. The van der Waals surface area contributed by atoms with Crippen molar-refractivity contribution in [3.63, 3.8) is 0 Å². The number of aromatic nitrogens is 3. The summed E-state index contributed by atoms with van der Waals surface area (Å²) >= 11 is 2.76. The number of nitrogens with zero attached hydrogens (tertiary/aromatic N) is 3. The first-order valence-electron chi connectivity index (χ1n) is 3.88. The molecular weight excluding hydrogens is 234 g/mol. The SMILES string of the molecule is O=C(O)c1cncc(Sc2nccs2)n1. The van der Waals surface area contributed by atoms with Gasteiger partial charge < -0.3 is 5.11 Å². The number of carboxylic acid groups (broad SMARTS) is 1. The molecule has 1 N–H and O–H groups in total. The van der Waals surface area contributed by atoms with Gasteiger partial charge in [-0.15, -0.1) is 11.3 Å². The summed E-state index contributed by atoms with van der Waals surface area (Å²) < 4.78 is 0.812. The molecule has 0 atom stereocenters. The van der Waals surface area contributed by atoms with Crippen LogP contribution in [0.3, 0.4) is 0 Å². The fraction of sp³-hybridized carbons (Fsp3) is 0. The van der Waals surface area contributed by atoms with Crippen molar-refractivity contribution in [3.8, 4) is 0 Å². The highest BCUT2D eigenvalue weighted by Gasteiger charge is 2.07. The Kier molecular flexibility index (Phi) is 2.93. The van der Waals surface area contributed by atoms with Crippen molar-refractivity contribution >= 4 is 29.1 Å². The molecule has 0 saturated carbocycles. The molecule has 15 heavy (non-hydrogen) atoms. The van der Waals surface area contributed by atoms with Crippen molar-refractivity contribution in [1.29, 1.82) is 0 Å². The lowest BCUT2D eigenvalue weighted by Crippen LogP contribution is -2.01. The predicted octanol–water partition coefficient (Wildman–Crippen LogP) is 1.78. The lowest BCUT2D eigenvalue weighted by atomic mass is 10.5. The fourth-order valence-electron chi connectivity index (χ4n) is 0.851. The van der Waals surface area contributed by atoms with Gasteiger partial charge in [-0.25, -0.2) is 14.8 Å². The molecule has 0 unspecified atom stereocenters. The van der Waals surface area contributed by atoms with Crippen LogP contribution in [0.15, 0.2) is 33.3 Å². The Bertz CT molecular complexity index is 472. The molecule has 0 amide bonds. The lowest BCUT2D eigenvalue weighted by Gasteiger charge is -1.97. The summed E-state index contributed by atoms with van der Waals surface area (Å²) in [6.45, 7) is 0. The van der Waals surface area contributed by atoms with Gasteiger partial charge in [0.15, 0.2) is 10.0 Å². The number of hydrogen-bond donors (Lipinski definition) is 1. The normalized spacial score (nSPS) is 10.1. The van der Waals surface area contributed by atoms with Crippen LogP contribution in [0.1, 0.15) is 10.5 Å². The molecule has 2 rings (SSSR count). The average molecular weight is 239 g/mol. The number of rotatable bonds is 3. The molecule has 0 bridgehead atoms. The van der Waals surface area contributed by atoms with Gasteiger partial charge in [-0.3, -0.25) is 4.98 Å². The van der Waals surface area contributed by atoms with Crippen LogP contribution >= 0.6 is 23.1 Å². The van der Waals surface area contributed by atoms with E-state index in [0.717, 1.165) is 4.34 Å². The van der Waals surface area contributed by atoms with E-state index >= 15 is 0 Å². The molecule has 0 fully saturated rings. The molecule has 0 aliphatic rings. The molecule has 0 aliphatic carbocycles. The van der Waals surface area contributed by atoms with Crippen molar-refractivity contribution in [2.45, 2.75) is 9.37 Å². The third kappa shape index (κ3) is 2.51. The Balaban J connectivity index is 2.22. The molecule has 2 heterocycles. The van der Waals surface area contributed by atoms with E-state index in [2.05, 4.69) is 15.0 Å². The monoisotopic (exact) mass is 239 g/mol. The van der Waals surface area contributed by atoms with E-state index in [9.17, 15) is 4.79 Å². The van der Waals surface area contributed by atoms with Crippen LogP contribution in [0.4, 0.5) is 0 Å². The zero-order chi connectivity index (χ0) is 10.7. The summed E-state index contributed by atoms with van der Waals surface area (Å²) in [5, 5.41) is 11.1. The van der Waals surface area contributed by atoms with Crippen molar-refractivity contribution in [2.24, 2.45) is 0 Å². The van der Waals surface area contributed by atoms with Gasteiger partial charge in [-0.1, -0.05) is 0 Å². The third-order valence-corrected chi connectivity index (χ3v) is 3.22. The van der Waals surface area contributed by atoms with Crippen molar-refractivity contribution < 1.29 is 9.90 Å². The summed E-state index contributed by atoms with van der Waals surface area (Å²) in [6, 6.07) is 0. The number of hydrogen-bond acceptors (Lipinski definition) is 6. The van der Waals surface area contributed by atoms with Gasteiger partial charge in [0, 0.05) is 11.6 Å². The van der Waals surface area contributed by atoms with Gasteiger partial charge in [0.05, 0.1) is 12.4 Å². The number of thiazole rings is 1. The molecule has 76 valence electrons. The topological polar surface area (TPSA) is 76.0 Å². The Morgan fingerprint density at radius 2 is 2.33 bits per heavy atom.